The number of thiazole rings is 1. The smallest absolute Gasteiger partial charge is 0.165 e. The predicted molar refractivity (Wildman–Crippen MR) is 77.6 cm³/mol. The molecule has 0 amide bonds. The normalized spacial score (nSPS) is 10.8. The molecule has 1 aromatic carbocycles. The predicted octanol–water partition coefficient (Wildman–Crippen LogP) is 2.69. The highest BCUT2D eigenvalue weighted by atomic mass is 32.1. The molecule has 0 spiro atoms. The van der Waals surface area contributed by atoms with Crippen molar-refractivity contribution in [2.24, 2.45) is 0 Å². The molecule has 0 atom stereocenters. The van der Waals surface area contributed by atoms with E-state index in [1.165, 1.54) is 13.2 Å². The minimum atomic E-state index is -0.377. The fourth-order valence-corrected chi connectivity index (χ4v) is 2.49. The van der Waals surface area contributed by atoms with Crippen molar-refractivity contribution in [3.05, 3.63) is 34.4 Å². The zero-order chi connectivity index (χ0) is 14.4. The van der Waals surface area contributed by atoms with Crippen LogP contribution in [0, 0.1) is 5.82 Å². The second-order valence-corrected chi connectivity index (χ2v) is 5.09. The highest BCUT2D eigenvalue weighted by Crippen LogP contribution is 2.26. The summed E-state index contributed by atoms with van der Waals surface area (Å²) in [7, 11) is 3.12. The van der Waals surface area contributed by atoms with Gasteiger partial charge in [-0.1, -0.05) is 0 Å². The molecule has 0 saturated heterocycles. The Bertz CT molecular complexity index is 560. The summed E-state index contributed by atoms with van der Waals surface area (Å²) >= 11 is 1.55. The van der Waals surface area contributed by atoms with Crippen LogP contribution in [-0.2, 0) is 11.3 Å². The monoisotopic (exact) mass is 296 g/mol. The Morgan fingerprint density at radius 2 is 2.20 bits per heavy atom. The van der Waals surface area contributed by atoms with Crippen LogP contribution in [0.1, 0.15) is 5.01 Å². The van der Waals surface area contributed by atoms with E-state index in [2.05, 4.69) is 10.3 Å². The molecule has 0 saturated carbocycles. The van der Waals surface area contributed by atoms with Crippen molar-refractivity contribution < 1.29 is 13.9 Å². The first kappa shape index (κ1) is 14.9. The molecule has 0 aliphatic carbocycles. The number of hydrogen-bond donors (Lipinski definition) is 1. The van der Waals surface area contributed by atoms with Crippen molar-refractivity contribution in [1.29, 1.82) is 0 Å². The maximum absolute atomic E-state index is 13.7. The Morgan fingerprint density at radius 1 is 1.35 bits per heavy atom. The number of ether oxygens (including phenoxy) is 2. The van der Waals surface area contributed by atoms with Crippen LogP contribution in [0.2, 0.25) is 0 Å². The van der Waals surface area contributed by atoms with Gasteiger partial charge in [-0.25, -0.2) is 9.37 Å². The molecule has 1 N–H and O–H groups in total. The molecular weight excluding hydrogens is 279 g/mol. The molecule has 4 nitrogen and oxygen atoms in total. The summed E-state index contributed by atoms with van der Waals surface area (Å²) in [5.74, 6) is -0.136. The Morgan fingerprint density at radius 3 is 2.90 bits per heavy atom. The number of benzene rings is 1. The van der Waals surface area contributed by atoms with Crippen LogP contribution >= 0.6 is 11.3 Å². The lowest BCUT2D eigenvalue weighted by Crippen LogP contribution is -2.18. The van der Waals surface area contributed by atoms with E-state index in [0.717, 1.165) is 22.8 Å². The first-order valence-corrected chi connectivity index (χ1v) is 7.10. The van der Waals surface area contributed by atoms with Gasteiger partial charge in [0.05, 0.1) is 19.4 Å². The molecule has 1 aromatic heterocycles. The van der Waals surface area contributed by atoms with Crippen molar-refractivity contribution in [1.82, 2.24) is 10.3 Å². The fraction of sp³-hybridized carbons (Fsp3) is 0.357. The summed E-state index contributed by atoms with van der Waals surface area (Å²) in [6.45, 7) is 2.14. The van der Waals surface area contributed by atoms with E-state index in [4.69, 9.17) is 9.47 Å². The Labute approximate surface area is 121 Å². The first-order valence-electron chi connectivity index (χ1n) is 6.22. The Kier molecular flexibility index (Phi) is 5.46. The summed E-state index contributed by atoms with van der Waals surface area (Å²) in [5, 5.41) is 6.12. The van der Waals surface area contributed by atoms with E-state index in [1.807, 2.05) is 5.38 Å². The third-order valence-corrected chi connectivity index (χ3v) is 3.61. The maximum atomic E-state index is 13.7. The molecular formula is C14H17FN2O2S. The van der Waals surface area contributed by atoms with E-state index in [9.17, 15) is 4.39 Å². The maximum Gasteiger partial charge on any atom is 0.165 e. The lowest BCUT2D eigenvalue weighted by molar-refractivity contribution is 0.199. The molecule has 0 fully saturated rings. The van der Waals surface area contributed by atoms with E-state index in [0.29, 0.717) is 13.2 Å². The van der Waals surface area contributed by atoms with Crippen molar-refractivity contribution >= 4 is 11.3 Å². The van der Waals surface area contributed by atoms with E-state index >= 15 is 0 Å². The fourth-order valence-electron chi connectivity index (χ4n) is 1.72. The minimum absolute atomic E-state index is 0.241. The molecule has 20 heavy (non-hydrogen) atoms. The molecule has 0 unspecified atom stereocenters. The van der Waals surface area contributed by atoms with E-state index in [-0.39, 0.29) is 11.6 Å². The topological polar surface area (TPSA) is 43.4 Å². The number of aromatic nitrogens is 1. The van der Waals surface area contributed by atoms with Crippen LogP contribution in [0.4, 0.5) is 4.39 Å². The summed E-state index contributed by atoms with van der Waals surface area (Å²) in [5.41, 5.74) is 1.53. The molecule has 108 valence electrons. The Hall–Kier alpha value is -1.50. The molecule has 0 radical (unpaired) electrons. The van der Waals surface area contributed by atoms with Crippen LogP contribution < -0.4 is 10.1 Å². The van der Waals surface area contributed by atoms with Gasteiger partial charge in [0.1, 0.15) is 5.01 Å². The molecule has 0 aliphatic heterocycles. The molecule has 0 aliphatic rings. The summed E-state index contributed by atoms with van der Waals surface area (Å²) in [4.78, 5) is 4.48. The number of nitrogens with one attached hydrogen (secondary N) is 1. The minimum Gasteiger partial charge on any atom is -0.494 e. The van der Waals surface area contributed by atoms with Crippen LogP contribution in [0.5, 0.6) is 5.75 Å². The lowest BCUT2D eigenvalue weighted by atomic mass is 10.1. The van der Waals surface area contributed by atoms with Crippen molar-refractivity contribution in [2.45, 2.75) is 6.54 Å². The Balaban J connectivity index is 2.03. The summed E-state index contributed by atoms with van der Waals surface area (Å²) < 4.78 is 23.5. The van der Waals surface area contributed by atoms with Crippen molar-refractivity contribution in [3.8, 4) is 17.0 Å². The van der Waals surface area contributed by atoms with Gasteiger partial charge in [-0.05, 0) is 18.2 Å². The van der Waals surface area contributed by atoms with Gasteiger partial charge in [-0.3, -0.25) is 0 Å². The van der Waals surface area contributed by atoms with E-state index in [1.54, 1.807) is 30.6 Å². The average molecular weight is 296 g/mol. The third-order valence-electron chi connectivity index (χ3n) is 2.76. The average Bonchev–Trinajstić information content (AvgIpc) is 2.92. The molecule has 2 aromatic rings. The molecule has 6 heteroatoms. The van der Waals surface area contributed by atoms with Gasteiger partial charge in [-0.2, -0.15) is 0 Å². The zero-order valence-electron chi connectivity index (χ0n) is 11.5. The highest BCUT2D eigenvalue weighted by Gasteiger charge is 2.08. The second kappa shape index (κ2) is 7.33. The number of methoxy groups -OCH3 is 2. The largest absolute Gasteiger partial charge is 0.494 e. The van der Waals surface area contributed by atoms with E-state index < -0.39 is 0 Å². The number of hydrogen-bond acceptors (Lipinski definition) is 5. The van der Waals surface area contributed by atoms with Gasteiger partial charge < -0.3 is 14.8 Å². The van der Waals surface area contributed by atoms with Gasteiger partial charge in [0, 0.05) is 31.1 Å². The van der Waals surface area contributed by atoms with Crippen molar-refractivity contribution in [3.63, 3.8) is 0 Å². The summed E-state index contributed by atoms with van der Waals surface area (Å²) in [6, 6.07) is 4.86. The van der Waals surface area contributed by atoms with Crippen LogP contribution in [-0.4, -0.2) is 32.4 Å². The molecule has 0 bridgehead atoms. The van der Waals surface area contributed by atoms with Gasteiger partial charge in [0.2, 0.25) is 0 Å². The van der Waals surface area contributed by atoms with Crippen LogP contribution in [0.3, 0.4) is 0 Å². The molecule has 1 heterocycles. The number of nitrogens with zero attached hydrogens (tertiary/aromatic N) is 1. The van der Waals surface area contributed by atoms with Crippen molar-refractivity contribution in [2.75, 3.05) is 27.4 Å². The van der Waals surface area contributed by atoms with Gasteiger partial charge in [0.15, 0.2) is 11.6 Å². The third kappa shape index (κ3) is 3.75. The number of halogens is 1. The highest BCUT2D eigenvalue weighted by molar-refractivity contribution is 7.09. The SMILES string of the molecule is COCCNCc1nc(-c2ccc(OC)c(F)c2)cs1. The zero-order valence-corrected chi connectivity index (χ0v) is 12.3. The van der Waals surface area contributed by atoms with Gasteiger partial charge >= 0.3 is 0 Å². The van der Waals surface area contributed by atoms with Gasteiger partial charge in [0.25, 0.3) is 0 Å². The standard InChI is InChI=1S/C14H17FN2O2S/c1-18-6-5-16-8-14-17-12(9-20-14)10-3-4-13(19-2)11(15)7-10/h3-4,7,9,16H,5-6,8H2,1-2H3. The van der Waals surface area contributed by atoms with Crippen LogP contribution in [0.15, 0.2) is 23.6 Å². The first-order chi connectivity index (χ1) is 9.74. The second-order valence-electron chi connectivity index (χ2n) is 4.15. The summed E-state index contributed by atoms with van der Waals surface area (Å²) in [6.07, 6.45) is 0. The number of rotatable bonds is 7. The van der Waals surface area contributed by atoms with Gasteiger partial charge in [-0.15, -0.1) is 11.3 Å². The van der Waals surface area contributed by atoms with Crippen LogP contribution in [0.25, 0.3) is 11.3 Å². The quantitative estimate of drug-likeness (QED) is 0.798. The lowest BCUT2D eigenvalue weighted by Gasteiger charge is -2.03. The molecule has 2 rings (SSSR count).